The first-order valence-electron chi connectivity index (χ1n) is 4.15. The van der Waals surface area contributed by atoms with Crippen molar-refractivity contribution in [3.63, 3.8) is 0 Å². The fourth-order valence-corrected chi connectivity index (χ4v) is 0.940. The van der Waals surface area contributed by atoms with Crippen LogP contribution in [0.2, 0.25) is 0 Å². The Balaban J connectivity index is 0. The van der Waals surface area contributed by atoms with E-state index >= 15 is 0 Å². The van der Waals surface area contributed by atoms with Gasteiger partial charge in [-0.3, -0.25) is 0 Å². The molecule has 0 spiro atoms. The van der Waals surface area contributed by atoms with Gasteiger partial charge >= 0.3 is 26.2 Å². The van der Waals surface area contributed by atoms with Crippen LogP contribution in [0.3, 0.4) is 0 Å². The third-order valence-corrected chi connectivity index (χ3v) is 1.66. The molecule has 0 N–H and O–H groups in total. The molecule has 0 unspecified atom stereocenters. The van der Waals surface area contributed by atoms with Crippen LogP contribution in [0.5, 0.6) is 0 Å². The van der Waals surface area contributed by atoms with Crippen molar-refractivity contribution in [2.75, 3.05) is 0 Å². The van der Waals surface area contributed by atoms with Crippen LogP contribution >= 0.6 is 0 Å². The van der Waals surface area contributed by atoms with Gasteiger partial charge in [-0.2, -0.15) is 35.4 Å². The first-order chi connectivity index (χ1) is 5.79. The first kappa shape index (κ1) is 16.2. The molecule has 0 amide bonds. The Morgan fingerprint density at radius 3 is 0.929 bits per heavy atom. The third kappa shape index (κ3) is 7.23. The van der Waals surface area contributed by atoms with Gasteiger partial charge in [-0.15, -0.1) is 0 Å². The maximum atomic E-state index is 2.08. The maximum absolute atomic E-state index is 2.08. The predicted octanol–water partition coefficient (Wildman–Crippen LogP) is 2.24. The van der Waals surface area contributed by atoms with Crippen molar-refractivity contribution >= 4 is 11.0 Å². The van der Waals surface area contributed by atoms with E-state index in [0.717, 1.165) is 0 Å². The topological polar surface area (TPSA) is 0 Å². The second kappa shape index (κ2) is 9.36. The smallest absolute Gasteiger partial charge is 0.213 e. The average Bonchev–Trinajstić information content (AvgIpc) is 2.63. The van der Waals surface area contributed by atoms with Gasteiger partial charge in [0.1, 0.15) is 0 Å². The molecular formula is C12H17SiZr. The van der Waals surface area contributed by atoms with E-state index in [1.807, 2.05) is 24.3 Å². The fraction of sp³-hybridized carbons (Fsp3) is 0.167. The van der Waals surface area contributed by atoms with Crippen LogP contribution < -0.4 is 0 Å². The summed E-state index contributed by atoms with van der Waals surface area (Å²) in [6, 6.07) is 16.5. The SMILES string of the molecule is C[c-]1cccc1.C[c-]1cccc1.[SiH3].[Zr+2]. The zero-order valence-corrected chi connectivity index (χ0v) is 13.6. The van der Waals surface area contributed by atoms with E-state index in [-0.39, 0.29) is 37.2 Å². The third-order valence-electron chi connectivity index (χ3n) is 1.66. The van der Waals surface area contributed by atoms with Gasteiger partial charge in [0.25, 0.3) is 0 Å². The van der Waals surface area contributed by atoms with Crippen molar-refractivity contribution in [2.24, 2.45) is 0 Å². The van der Waals surface area contributed by atoms with Crippen LogP contribution in [0.15, 0.2) is 48.5 Å². The molecule has 0 aromatic heterocycles. The van der Waals surface area contributed by atoms with E-state index in [0.29, 0.717) is 0 Å². The summed E-state index contributed by atoms with van der Waals surface area (Å²) in [5, 5.41) is 0. The van der Waals surface area contributed by atoms with Gasteiger partial charge in [-0.25, -0.2) is 24.3 Å². The first-order valence-corrected chi connectivity index (χ1v) is 4.15. The molecule has 0 heterocycles. The molecule has 0 saturated carbocycles. The molecule has 0 aliphatic heterocycles. The summed E-state index contributed by atoms with van der Waals surface area (Å²) in [5.74, 6) is 0. The maximum Gasteiger partial charge on any atom is 2.00 e. The van der Waals surface area contributed by atoms with Crippen LogP contribution in [0.1, 0.15) is 11.1 Å². The Morgan fingerprint density at radius 2 is 0.857 bits per heavy atom. The molecule has 0 fully saturated rings. The van der Waals surface area contributed by atoms with Gasteiger partial charge in [0.05, 0.1) is 0 Å². The second-order valence-corrected chi connectivity index (χ2v) is 2.92. The molecule has 0 aliphatic rings. The van der Waals surface area contributed by atoms with E-state index in [9.17, 15) is 0 Å². The van der Waals surface area contributed by atoms with E-state index in [4.69, 9.17) is 0 Å². The summed E-state index contributed by atoms with van der Waals surface area (Å²) >= 11 is 0. The average molecular weight is 281 g/mol. The summed E-state index contributed by atoms with van der Waals surface area (Å²) in [4.78, 5) is 0. The van der Waals surface area contributed by atoms with Gasteiger partial charge in [-0.1, -0.05) is 13.8 Å². The molecule has 0 bridgehead atoms. The van der Waals surface area contributed by atoms with Gasteiger partial charge in [0, 0.05) is 0 Å². The molecule has 14 heavy (non-hydrogen) atoms. The van der Waals surface area contributed by atoms with Crippen LogP contribution in [0.4, 0.5) is 0 Å². The normalized spacial score (nSPS) is 7.57. The van der Waals surface area contributed by atoms with Crippen molar-refractivity contribution < 1.29 is 26.2 Å². The van der Waals surface area contributed by atoms with E-state index in [2.05, 4.69) is 38.1 Å². The molecular weight excluding hydrogens is 263 g/mol. The van der Waals surface area contributed by atoms with Crippen molar-refractivity contribution in [1.29, 1.82) is 0 Å². The van der Waals surface area contributed by atoms with Crippen LogP contribution in [-0.4, -0.2) is 11.0 Å². The molecule has 0 nitrogen and oxygen atoms in total. The molecule has 0 saturated heterocycles. The number of rotatable bonds is 0. The van der Waals surface area contributed by atoms with Crippen molar-refractivity contribution in [3.8, 4) is 0 Å². The number of hydrogen-bond donors (Lipinski definition) is 0. The minimum Gasteiger partial charge on any atom is -0.213 e. The molecule has 2 heteroatoms. The molecule has 2 aromatic rings. The molecule has 0 aliphatic carbocycles. The molecule has 1 radical (unpaired) electrons. The van der Waals surface area contributed by atoms with Gasteiger partial charge < -0.3 is 0 Å². The zero-order valence-electron chi connectivity index (χ0n) is 9.12. The Hall–Kier alpha value is -0.200. The summed E-state index contributed by atoms with van der Waals surface area (Å²) in [6.07, 6.45) is 0. The number of aryl methyl sites for hydroxylation is 2. The second-order valence-electron chi connectivity index (χ2n) is 2.92. The van der Waals surface area contributed by atoms with Crippen LogP contribution in [0.25, 0.3) is 0 Å². The minimum absolute atomic E-state index is 0. The Bertz CT molecular complexity index is 250. The summed E-state index contributed by atoms with van der Waals surface area (Å²) < 4.78 is 0. The monoisotopic (exact) mass is 279 g/mol. The van der Waals surface area contributed by atoms with Crippen molar-refractivity contribution in [3.05, 3.63) is 59.7 Å². The van der Waals surface area contributed by atoms with Crippen LogP contribution in [0, 0.1) is 13.8 Å². The molecule has 0 atom stereocenters. The summed E-state index contributed by atoms with van der Waals surface area (Å²) in [7, 11) is 0. The standard InChI is InChI=1S/2C6H7.H3Si.Zr/c2*1-6-4-2-3-5-6;;/h2*2-5H,1H3;1H3;/q2*-1;;+2. The largest absolute Gasteiger partial charge is 2.00 e. The van der Waals surface area contributed by atoms with Gasteiger partial charge in [-0.05, 0) is 11.0 Å². The van der Waals surface area contributed by atoms with E-state index < -0.39 is 0 Å². The summed E-state index contributed by atoms with van der Waals surface area (Å²) in [6.45, 7) is 4.17. The van der Waals surface area contributed by atoms with Crippen molar-refractivity contribution in [2.45, 2.75) is 13.8 Å². The van der Waals surface area contributed by atoms with E-state index in [1.54, 1.807) is 0 Å². The summed E-state index contributed by atoms with van der Waals surface area (Å²) in [5.41, 5.74) is 2.69. The molecule has 73 valence electrons. The quantitative estimate of drug-likeness (QED) is 0.513. The molecule has 2 aromatic carbocycles. The number of hydrogen-bond acceptors (Lipinski definition) is 0. The molecule has 2 rings (SSSR count). The minimum atomic E-state index is 0. The van der Waals surface area contributed by atoms with Gasteiger partial charge in [0.15, 0.2) is 0 Å². The Kier molecular flexibility index (Phi) is 10.9. The predicted molar refractivity (Wildman–Crippen MR) is 63.5 cm³/mol. The van der Waals surface area contributed by atoms with Gasteiger partial charge in [0.2, 0.25) is 0 Å². The van der Waals surface area contributed by atoms with E-state index in [1.165, 1.54) is 11.1 Å². The zero-order chi connectivity index (χ0) is 8.81. The van der Waals surface area contributed by atoms with Crippen LogP contribution in [-0.2, 0) is 26.2 Å². The fourth-order valence-electron chi connectivity index (χ4n) is 0.940. The van der Waals surface area contributed by atoms with Crippen molar-refractivity contribution in [1.82, 2.24) is 0 Å². The Morgan fingerprint density at radius 1 is 0.643 bits per heavy atom. The Labute approximate surface area is 110 Å².